The number of benzene rings is 2. The Hall–Kier alpha value is -3.94. The Morgan fingerprint density at radius 3 is 2.63 bits per heavy atom. The Morgan fingerprint density at radius 1 is 1.26 bits per heavy atom. The van der Waals surface area contributed by atoms with Crippen LogP contribution in [-0.2, 0) is 4.79 Å². The minimum Gasteiger partial charge on any atom is -0.490 e. The summed E-state index contributed by atoms with van der Waals surface area (Å²) in [4.78, 5) is 21.9. The number of para-hydroxylation sites is 1. The van der Waals surface area contributed by atoms with Crippen molar-refractivity contribution in [3.8, 4) is 22.7 Å². The van der Waals surface area contributed by atoms with Gasteiger partial charge in [-0.1, -0.05) is 18.2 Å². The Bertz CT molecular complexity index is 1030. The van der Waals surface area contributed by atoms with E-state index in [2.05, 4.69) is 5.10 Å². The molecule has 2 N–H and O–H groups in total. The van der Waals surface area contributed by atoms with Crippen molar-refractivity contribution in [1.82, 2.24) is 9.78 Å². The number of hydrogen-bond acceptors (Lipinski definition) is 5. The molecule has 1 heterocycles. The van der Waals surface area contributed by atoms with Crippen molar-refractivity contribution < 1.29 is 14.5 Å². The van der Waals surface area contributed by atoms with Gasteiger partial charge in [0.25, 0.3) is 0 Å². The third-order valence-electron chi connectivity index (χ3n) is 3.84. The fraction of sp³-hybridized carbons (Fsp3) is 0.0526. The van der Waals surface area contributed by atoms with Gasteiger partial charge in [0.05, 0.1) is 17.7 Å². The monoisotopic (exact) mass is 364 g/mol. The van der Waals surface area contributed by atoms with E-state index >= 15 is 0 Å². The summed E-state index contributed by atoms with van der Waals surface area (Å²) in [6.07, 6.45) is 4.47. The third kappa shape index (κ3) is 3.84. The molecule has 0 unspecified atom stereocenters. The maximum Gasteiger partial charge on any atom is 0.311 e. The lowest BCUT2D eigenvalue weighted by Crippen LogP contribution is -2.05. The molecule has 0 saturated carbocycles. The molecule has 1 aromatic heterocycles. The Labute approximate surface area is 154 Å². The first kappa shape index (κ1) is 17.9. The van der Waals surface area contributed by atoms with Gasteiger partial charge in [-0.25, -0.2) is 4.68 Å². The maximum atomic E-state index is 11.3. The first-order valence-electron chi connectivity index (χ1n) is 7.95. The molecule has 8 nitrogen and oxygen atoms in total. The topological polar surface area (TPSA) is 113 Å². The number of nitro groups is 1. The van der Waals surface area contributed by atoms with Crippen LogP contribution < -0.4 is 10.5 Å². The third-order valence-corrected chi connectivity index (χ3v) is 3.84. The molecule has 2 aromatic carbocycles. The van der Waals surface area contributed by atoms with Crippen LogP contribution in [0.15, 0.2) is 60.8 Å². The van der Waals surface area contributed by atoms with Gasteiger partial charge in [-0.2, -0.15) is 5.10 Å². The number of primary amides is 1. The Morgan fingerprint density at radius 2 is 2.00 bits per heavy atom. The number of nitro benzene ring substituents is 1. The lowest BCUT2D eigenvalue weighted by Gasteiger charge is -2.04. The van der Waals surface area contributed by atoms with E-state index in [0.29, 0.717) is 16.8 Å². The summed E-state index contributed by atoms with van der Waals surface area (Å²) in [5, 5.41) is 15.9. The van der Waals surface area contributed by atoms with Crippen molar-refractivity contribution in [3.63, 3.8) is 0 Å². The average molecular weight is 364 g/mol. The lowest BCUT2D eigenvalue weighted by molar-refractivity contribution is -0.385. The number of nitrogens with two attached hydrogens (primary N) is 1. The van der Waals surface area contributed by atoms with Crippen molar-refractivity contribution >= 4 is 17.7 Å². The van der Waals surface area contributed by atoms with Gasteiger partial charge in [-0.05, 0) is 30.3 Å². The highest BCUT2D eigenvalue weighted by atomic mass is 16.6. The summed E-state index contributed by atoms with van der Waals surface area (Å²) < 4.78 is 6.67. The summed E-state index contributed by atoms with van der Waals surface area (Å²) in [5.74, 6) is -0.449. The van der Waals surface area contributed by atoms with Crippen LogP contribution in [0.2, 0.25) is 0 Å². The number of amides is 1. The van der Waals surface area contributed by atoms with Crippen molar-refractivity contribution in [2.75, 3.05) is 7.11 Å². The quantitative estimate of drug-likeness (QED) is 0.410. The van der Waals surface area contributed by atoms with Gasteiger partial charge in [0, 0.05) is 29.5 Å². The maximum absolute atomic E-state index is 11.3. The predicted molar refractivity (Wildman–Crippen MR) is 100 cm³/mol. The first-order chi connectivity index (χ1) is 13.0. The number of ether oxygens (including phenoxy) is 1. The molecular formula is C19H16N4O4. The van der Waals surface area contributed by atoms with Crippen LogP contribution in [0.5, 0.6) is 5.75 Å². The summed E-state index contributed by atoms with van der Waals surface area (Å²) in [5.41, 5.74) is 7.41. The van der Waals surface area contributed by atoms with Gasteiger partial charge in [-0.15, -0.1) is 0 Å². The van der Waals surface area contributed by atoms with E-state index in [0.717, 1.165) is 5.69 Å². The molecule has 3 aromatic rings. The molecule has 0 aliphatic carbocycles. The second-order valence-electron chi connectivity index (χ2n) is 5.59. The van der Waals surface area contributed by atoms with Crippen LogP contribution in [0.3, 0.4) is 0 Å². The van der Waals surface area contributed by atoms with Crippen LogP contribution >= 0.6 is 0 Å². The van der Waals surface area contributed by atoms with E-state index in [-0.39, 0.29) is 11.4 Å². The summed E-state index contributed by atoms with van der Waals surface area (Å²) in [7, 11) is 1.37. The summed E-state index contributed by atoms with van der Waals surface area (Å²) in [6, 6.07) is 13.9. The zero-order chi connectivity index (χ0) is 19.4. The van der Waals surface area contributed by atoms with Gasteiger partial charge in [0.1, 0.15) is 5.69 Å². The molecule has 0 radical (unpaired) electrons. The minimum atomic E-state index is -0.603. The van der Waals surface area contributed by atoms with Gasteiger partial charge < -0.3 is 10.5 Å². The van der Waals surface area contributed by atoms with Crippen molar-refractivity contribution in [3.05, 3.63) is 76.5 Å². The number of methoxy groups -OCH3 is 1. The molecule has 0 aliphatic heterocycles. The molecule has 0 atom stereocenters. The van der Waals surface area contributed by atoms with Gasteiger partial charge in [0.2, 0.25) is 5.91 Å². The molecule has 8 heteroatoms. The molecule has 0 bridgehead atoms. The van der Waals surface area contributed by atoms with Crippen LogP contribution in [0.4, 0.5) is 5.69 Å². The van der Waals surface area contributed by atoms with Gasteiger partial charge in [-0.3, -0.25) is 14.9 Å². The van der Waals surface area contributed by atoms with Crippen LogP contribution in [0.25, 0.3) is 23.0 Å². The molecule has 0 fully saturated rings. The molecule has 27 heavy (non-hydrogen) atoms. The van der Waals surface area contributed by atoms with E-state index < -0.39 is 10.8 Å². The van der Waals surface area contributed by atoms with E-state index in [1.54, 1.807) is 16.9 Å². The molecule has 0 spiro atoms. The molecule has 3 rings (SSSR count). The fourth-order valence-electron chi connectivity index (χ4n) is 2.60. The second kappa shape index (κ2) is 7.52. The summed E-state index contributed by atoms with van der Waals surface area (Å²) in [6.45, 7) is 0. The van der Waals surface area contributed by atoms with Crippen LogP contribution in [-0.4, -0.2) is 27.7 Å². The molecule has 136 valence electrons. The zero-order valence-corrected chi connectivity index (χ0v) is 14.4. The lowest BCUT2D eigenvalue weighted by atomic mass is 10.1. The van der Waals surface area contributed by atoms with E-state index in [9.17, 15) is 14.9 Å². The van der Waals surface area contributed by atoms with Crippen LogP contribution in [0, 0.1) is 10.1 Å². The Kier molecular flexibility index (Phi) is 4.98. The minimum absolute atomic E-state index is 0.153. The highest BCUT2D eigenvalue weighted by Crippen LogP contribution is 2.33. The SMILES string of the molecule is COc1ccc(-c2nn(-c3ccccc3)cc2C=CC(N)=O)cc1[N+](=O)[O-]. The van der Waals surface area contributed by atoms with Crippen molar-refractivity contribution in [2.45, 2.75) is 0 Å². The number of rotatable bonds is 6. The van der Waals surface area contributed by atoms with Crippen molar-refractivity contribution in [2.24, 2.45) is 5.73 Å². The van der Waals surface area contributed by atoms with E-state index in [4.69, 9.17) is 10.5 Å². The van der Waals surface area contributed by atoms with E-state index in [1.807, 2.05) is 30.3 Å². The number of carbonyl (C=O) groups excluding carboxylic acids is 1. The van der Waals surface area contributed by atoms with Crippen molar-refractivity contribution in [1.29, 1.82) is 0 Å². The first-order valence-corrected chi connectivity index (χ1v) is 7.95. The van der Waals surface area contributed by atoms with Gasteiger partial charge >= 0.3 is 5.69 Å². The second-order valence-corrected chi connectivity index (χ2v) is 5.59. The molecular weight excluding hydrogens is 348 g/mol. The smallest absolute Gasteiger partial charge is 0.311 e. The normalized spacial score (nSPS) is 10.9. The van der Waals surface area contributed by atoms with Crippen LogP contribution in [0.1, 0.15) is 5.56 Å². The van der Waals surface area contributed by atoms with Gasteiger partial charge in [0.15, 0.2) is 5.75 Å². The largest absolute Gasteiger partial charge is 0.490 e. The highest BCUT2D eigenvalue weighted by molar-refractivity contribution is 5.91. The number of nitrogens with zero attached hydrogens (tertiary/aromatic N) is 3. The summed E-state index contributed by atoms with van der Waals surface area (Å²) >= 11 is 0. The Balaban J connectivity index is 2.16. The number of hydrogen-bond donors (Lipinski definition) is 1. The highest BCUT2D eigenvalue weighted by Gasteiger charge is 2.19. The number of carbonyl (C=O) groups is 1. The van der Waals surface area contributed by atoms with E-state index in [1.165, 1.54) is 31.4 Å². The average Bonchev–Trinajstić information content (AvgIpc) is 3.10. The molecule has 1 amide bonds. The predicted octanol–water partition coefficient (Wildman–Crippen LogP) is 2.95. The fourth-order valence-corrected chi connectivity index (χ4v) is 2.60. The zero-order valence-electron chi connectivity index (χ0n) is 14.4. The standard InChI is InChI=1S/C19H16N4O4/c1-27-17-9-7-13(11-16(17)23(25)26)19-14(8-10-18(20)24)12-22(21-19)15-5-3-2-4-6-15/h2-12H,1H3,(H2,20,24). The number of aromatic nitrogens is 2. The molecule has 0 saturated heterocycles. The molecule has 0 aliphatic rings.